The summed E-state index contributed by atoms with van der Waals surface area (Å²) in [6, 6.07) is 0. The minimum absolute atomic E-state index is 0.162. The molecule has 1 aromatic rings. The Bertz CT molecular complexity index is 362. The fourth-order valence-electron chi connectivity index (χ4n) is 1.26. The average molecular weight is 289 g/mol. The monoisotopic (exact) mass is 288 g/mol. The second kappa shape index (κ2) is 6.00. The van der Waals surface area contributed by atoms with E-state index in [9.17, 15) is 4.79 Å². The van der Waals surface area contributed by atoms with Gasteiger partial charge in [0.05, 0.1) is 10.2 Å². The number of carbonyl (C=O) groups excluding carboxylic acids is 1. The molecule has 3 N–H and O–H groups in total. The maximum absolute atomic E-state index is 11.7. The van der Waals surface area contributed by atoms with Gasteiger partial charge in [-0.25, -0.2) is 0 Å². The van der Waals surface area contributed by atoms with E-state index in [-0.39, 0.29) is 5.91 Å². The van der Waals surface area contributed by atoms with E-state index in [4.69, 9.17) is 0 Å². The van der Waals surface area contributed by atoms with Crippen molar-refractivity contribution < 1.29 is 4.79 Å². The van der Waals surface area contributed by atoms with Crippen molar-refractivity contribution in [3.63, 3.8) is 0 Å². The largest absolute Gasteiger partial charge is 0.349 e. The molecule has 0 aromatic carbocycles. The Balaban J connectivity index is 2.69. The number of aromatic amines is 1. The van der Waals surface area contributed by atoms with Gasteiger partial charge in [-0.3, -0.25) is 9.89 Å². The van der Waals surface area contributed by atoms with Crippen LogP contribution in [0.3, 0.4) is 0 Å². The fraction of sp³-hybridized carbons (Fsp3) is 0.600. The van der Waals surface area contributed by atoms with Crippen LogP contribution in [0.5, 0.6) is 0 Å². The molecule has 0 aliphatic carbocycles. The summed E-state index contributed by atoms with van der Waals surface area (Å²) < 4.78 is 0.754. The number of amides is 1. The molecule has 90 valence electrons. The Morgan fingerprint density at radius 3 is 2.69 bits per heavy atom. The molecule has 0 aliphatic rings. The molecule has 1 heterocycles. The minimum atomic E-state index is -0.162. The van der Waals surface area contributed by atoms with Gasteiger partial charge < -0.3 is 10.6 Å². The predicted octanol–water partition coefficient (Wildman–Crippen LogP) is 1.24. The SMILES string of the molecule is CNCCNC(=O)c1n[nH]c(C(C)C)c1Br. The Kier molecular flexibility index (Phi) is 4.95. The predicted molar refractivity (Wildman–Crippen MR) is 66.6 cm³/mol. The van der Waals surface area contributed by atoms with Gasteiger partial charge in [0.1, 0.15) is 0 Å². The van der Waals surface area contributed by atoms with Crippen molar-refractivity contribution >= 4 is 21.8 Å². The van der Waals surface area contributed by atoms with E-state index in [0.29, 0.717) is 18.2 Å². The van der Waals surface area contributed by atoms with Crippen molar-refractivity contribution in [3.05, 3.63) is 15.9 Å². The Morgan fingerprint density at radius 2 is 2.19 bits per heavy atom. The molecule has 1 aromatic heterocycles. The maximum Gasteiger partial charge on any atom is 0.273 e. The topological polar surface area (TPSA) is 69.8 Å². The summed E-state index contributed by atoms with van der Waals surface area (Å²) in [5.41, 5.74) is 1.36. The van der Waals surface area contributed by atoms with Gasteiger partial charge in [0.15, 0.2) is 5.69 Å². The summed E-state index contributed by atoms with van der Waals surface area (Å²) in [5, 5.41) is 12.6. The van der Waals surface area contributed by atoms with Crippen LogP contribution in [-0.2, 0) is 0 Å². The molecule has 0 bridgehead atoms. The maximum atomic E-state index is 11.7. The van der Waals surface area contributed by atoms with Gasteiger partial charge >= 0.3 is 0 Å². The van der Waals surface area contributed by atoms with Crippen LogP contribution in [0.2, 0.25) is 0 Å². The van der Waals surface area contributed by atoms with E-state index in [0.717, 1.165) is 16.7 Å². The van der Waals surface area contributed by atoms with E-state index in [1.54, 1.807) is 0 Å². The summed E-state index contributed by atoms with van der Waals surface area (Å²) in [6.07, 6.45) is 0. The second-order valence-corrected chi connectivity index (χ2v) is 4.61. The molecular weight excluding hydrogens is 272 g/mol. The molecule has 0 unspecified atom stereocenters. The van der Waals surface area contributed by atoms with Gasteiger partial charge in [0.2, 0.25) is 0 Å². The lowest BCUT2D eigenvalue weighted by molar-refractivity contribution is 0.0948. The molecule has 1 amide bonds. The first-order chi connectivity index (χ1) is 7.57. The van der Waals surface area contributed by atoms with E-state index in [2.05, 4.69) is 36.8 Å². The number of likely N-dealkylation sites (N-methyl/N-ethyl adjacent to an activating group) is 1. The number of nitrogens with one attached hydrogen (secondary N) is 3. The molecule has 16 heavy (non-hydrogen) atoms. The molecular formula is C10H17BrN4O. The summed E-state index contributed by atoms with van der Waals surface area (Å²) in [5.74, 6) is 0.144. The first kappa shape index (κ1) is 13.2. The third kappa shape index (κ3) is 3.05. The molecule has 0 spiro atoms. The van der Waals surface area contributed by atoms with Gasteiger partial charge in [-0.05, 0) is 28.9 Å². The Labute approximate surface area is 104 Å². The van der Waals surface area contributed by atoms with Crippen molar-refractivity contribution in [2.45, 2.75) is 19.8 Å². The third-order valence-electron chi connectivity index (χ3n) is 2.19. The van der Waals surface area contributed by atoms with Gasteiger partial charge in [-0.2, -0.15) is 5.10 Å². The minimum Gasteiger partial charge on any atom is -0.349 e. The molecule has 5 nitrogen and oxygen atoms in total. The smallest absolute Gasteiger partial charge is 0.273 e. The third-order valence-corrected chi connectivity index (χ3v) is 2.99. The number of nitrogens with zero attached hydrogens (tertiary/aromatic N) is 1. The highest BCUT2D eigenvalue weighted by molar-refractivity contribution is 9.10. The summed E-state index contributed by atoms with van der Waals surface area (Å²) in [6.45, 7) is 5.42. The number of hydrogen-bond acceptors (Lipinski definition) is 3. The van der Waals surface area contributed by atoms with Crippen LogP contribution >= 0.6 is 15.9 Å². The van der Waals surface area contributed by atoms with Gasteiger partial charge in [0.25, 0.3) is 5.91 Å². The zero-order valence-electron chi connectivity index (χ0n) is 9.72. The normalized spacial score (nSPS) is 10.8. The fourth-order valence-corrected chi connectivity index (χ4v) is 2.07. The molecule has 6 heteroatoms. The Morgan fingerprint density at radius 1 is 1.50 bits per heavy atom. The number of carbonyl (C=O) groups is 1. The quantitative estimate of drug-likeness (QED) is 0.714. The lowest BCUT2D eigenvalue weighted by Gasteiger charge is -2.03. The van der Waals surface area contributed by atoms with Gasteiger partial charge in [-0.1, -0.05) is 13.8 Å². The van der Waals surface area contributed by atoms with Crippen molar-refractivity contribution in [2.75, 3.05) is 20.1 Å². The second-order valence-electron chi connectivity index (χ2n) is 3.81. The zero-order chi connectivity index (χ0) is 12.1. The highest BCUT2D eigenvalue weighted by Crippen LogP contribution is 2.25. The zero-order valence-corrected chi connectivity index (χ0v) is 11.3. The van der Waals surface area contributed by atoms with E-state index in [1.807, 2.05) is 20.9 Å². The number of aromatic nitrogens is 2. The lowest BCUT2D eigenvalue weighted by atomic mass is 10.1. The summed E-state index contributed by atoms with van der Waals surface area (Å²) in [4.78, 5) is 11.7. The van der Waals surface area contributed by atoms with Gasteiger partial charge in [0, 0.05) is 13.1 Å². The first-order valence-electron chi connectivity index (χ1n) is 5.24. The first-order valence-corrected chi connectivity index (χ1v) is 6.03. The van der Waals surface area contributed by atoms with E-state index in [1.165, 1.54) is 0 Å². The van der Waals surface area contributed by atoms with Crippen LogP contribution in [0.25, 0.3) is 0 Å². The highest BCUT2D eigenvalue weighted by Gasteiger charge is 2.18. The number of halogens is 1. The van der Waals surface area contributed by atoms with Crippen molar-refractivity contribution in [3.8, 4) is 0 Å². The van der Waals surface area contributed by atoms with Gasteiger partial charge in [-0.15, -0.1) is 0 Å². The molecule has 0 atom stereocenters. The van der Waals surface area contributed by atoms with E-state index < -0.39 is 0 Å². The van der Waals surface area contributed by atoms with Crippen LogP contribution < -0.4 is 10.6 Å². The number of rotatable bonds is 5. The highest BCUT2D eigenvalue weighted by atomic mass is 79.9. The van der Waals surface area contributed by atoms with E-state index >= 15 is 0 Å². The summed E-state index contributed by atoms with van der Waals surface area (Å²) >= 11 is 3.39. The van der Waals surface area contributed by atoms with Crippen molar-refractivity contribution in [1.29, 1.82) is 0 Å². The Hall–Kier alpha value is -0.880. The number of H-pyrrole nitrogens is 1. The van der Waals surface area contributed by atoms with Crippen LogP contribution in [0.4, 0.5) is 0 Å². The summed E-state index contributed by atoms with van der Waals surface area (Å²) in [7, 11) is 1.84. The molecule has 0 aliphatic heterocycles. The lowest BCUT2D eigenvalue weighted by Crippen LogP contribution is -2.30. The molecule has 0 radical (unpaired) electrons. The average Bonchev–Trinajstić information content (AvgIpc) is 2.60. The molecule has 0 fully saturated rings. The molecule has 1 rings (SSSR count). The van der Waals surface area contributed by atoms with Crippen molar-refractivity contribution in [2.24, 2.45) is 0 Å². The van der Waals surface area contributed by atoms with Crippen LogP contribution in [-0.4, -0.2) is 36.2 Å². The van der Waals surface area contributed by atoms with Crippen LogP contribution in [0, 0.1) is 0 Å². The standard InChI is InChI=1S/C10H17BrN4O/c1-6(2)8-7(11)9(15-14-8)10(16)13-5-4-12-3/h6,12H,4-5H2,1-3H3,(H,13,16)(H,14,15). The molecule has 0 saturated heterocycles. The van der Waals surface area contributed by atoms with Crippen LogP contribution in [0.15, 0.2) is 4.47 Å². The van der Waals surface area contributed by atoms with Crippen LogP contribution in [0.1, 0.15) is 35.9 Å². The molecule has 0 saturated carbocycles. The van der Waals surface area contributed by atoms with Crippen molar-refractivity contribution in [1.82, 2.24) is 20.8 Å². The number of hydrogen-bond donors (Lipinski definition) is 3.